The number of hydrogen-bond acceptors (Lipinski definition) is 8. The summed E-state index contributed by atoms with van der Waals surface area (Å²) in [5.74, 6) is 6.51. The molecule has 11 rings (SSSR count). The highest BCUT2D eigenvalue weighted by atomic mass is 31.1. The summed E-state index contributed by atoms with van der Waals surface area (Å²) in [7, 11) is -0.916. The molecule has 74 heavy (non-hydrogen) atoms. The van der Waals surface area contributed by atoms with Crippen LogP contribution in [0.4, 0.5) is 0 Å². The molecule has 8 bridgehead atoms. The van der Waals surface area contributed by atoms with E-state index in [0.29, 0.717) is 6.16 Å². The normalized spacial score (nSPS) is 18.6. The molecule has 5 aliphatic rings. The van der Waals surface area contributed by atoms with Crippen LogP contribution in [0.15, 0.2) is 103 Å². The quantitative estimate of drug-likeness (QED) is 0.0553. The van der Waals surface area contributed by atoms with Crippen molar-refractivity contribution in [2.45, 2.75) is 160 Å². The maximum atomic E-state index is 7.20. The smallest absolute Gasteiger partial charge is 0.230 e. The third-order valence-electron chi connectivity index (χ3n) is 16.3. The van der Waals surface area contributed by atoms with Crippen LogP contribution in [0, 0.1) is 0 Å². The Morgan fingerprint density at radius 1 is 0.338 bits per heavy atom. The Hall–Kier alpha value is -5.85. The van der Waals surface area contributed by atoms with E-state index in [-0.39, 0.29) is 50.8 Å². The summed E-state index contributed by atoms with van der Waals surface area (Å²) >= 11 is 0. The molecule has 1 aliphatic carbocycles. The van der Waals surface area contributed by atoms with Gasteiger partial charge < -0.3 is 37.9 Å². The van der Waals surface area contributed by atoms with Crippen molar-refractivity contribution < 1.29 is 37.9 Å². The first-order chi connectivity index (χ1) is 36.6. The zero-order valence-corrected chi connectivity index (χ0v) is 45.1. The van der Waals surface area contributed by atoms with E-state index in [4.69, 9.17) is 37.9 Å². The largest absolute Gasteiger partial charge is 0.457 e. The van der Waals surface area contributed by atoms with Gasteiger partial charge in [-0.2, -0.15) is 0 Å². The predicted molar refractivity (Wildman–Crippen MR) is 297 cm³/mol. The number of hydrogen-bond donors (Lipinski definition) is 0. The lowest BCUT2D eigenvalue weighted by atomic mass is 9.75. The average Bonchev–Trinajstić information content (AvgIpc) is 3.41. The van der Waals surface area contributed by atoms with Gasteiger partial charge in [-0.1, -0.05) is 165 Å². The van der Waals surface area contributed by atoms with E-state index in [1.165, 1.54) is 55.1 Å². The maximum Gasteiger partial charge on any atom is 0.230 e. The molecule has 0 radical (unpaired) electrons. The zero-order chi connectivity index (χ0) is 50.4. The van der Waals surface area contributed by atoms with Crippen LogP contribution in [0.2, 0.25) is 0 Å². The molecule has 0 aromatic heterocycles. The van der Waals surface area contributed by atoms with Crippen molar-refractivity contribution in [3.8, 4) is 46.0 Å². The number of ether oxygens (including phenoxy) is 8. The van der Waals surface area contributed by atoms with Crippen molar-refractivity contribution >= 4 is 18.5 Å². The van der Waals surface area contributed by atoms with Crippen LogP contribution < -0.4 is 48.5 Å². The molecular weight excluding hydrogens is 940 g/mol. The summed E-state index contributed by atoms with van der Waals surface area (Å²) in [4.78, 5) is 0. The van der Waals surface area contributed by atoms with Gasteiger partial charge in [-0.25, -0.2) is 0 Å². The zero-order valence-electron chi connectivity index (χ0n) is 44.2. The molecule has 0 saturated carbocycles. The Morgan fingerprint density at radius 3 is 0.932 bits per heavy atom. The van der Waals surface area contributed by atoms with Crippen molar-refractivity contribution in [1.82, 2.24) is 0 Å². The summed E-state index contributed by atoms with van der Waals surface area (Å²) < 4.78 is 55.1. The number of rotatable bonds is 20. The highest BCUT2D eigenvalue weighted by molar-refractivity contribution is 7.72. The summed E-state index contributed by atoms with van der Waals surface area (Å²) in [5.41, 5.74) is 10.7. The lowest BCUT2D eigenvalue weighted by Crippen LogP contribution is -2.24. The van der Waals surface area contributed by atoms with E-state index in [9.17, 15) is 0 Å². The minimum atomic E-state index is -0.916. The van der Waals surface area contributed by atoms with Gasteiger partial charge in [-0.05, 0) is 68.5 Å². The van der Waals surface area contributed by atoms with Crippen molar-refractivity contribution in [3.05, 3.63) is 153 Å². The van der Waals surface area contributed by atoms with Gasteiger partial charge in [0.2, 0.25) is 27.2 Å². The molecule has 0 amide bonds. The van der Waals surface area contributed by atoms with Gasteiger partial charge in [0, 0.05) is 98.1 Å². The van der Waals surface area contributed by atoms with Crippen LogP contribution in [0.1, 0.15) is 204 Å². The van der Waals surface area contributed by atoms with Crippen LogP contribution in [0.25, 0.3) is 0 Å². The fraction of sp³-hybridized carbons (Fsp3) is 0.446. The average molecular weight is 1020 g/mol. The Balaban J connectivity index is 1.25. The summed E-state index contributed by atoms with van der Waals surface area (Å²) in [5, 5.41) is 2.62. The van der Waals surface area contributed by atoms with Crippen molar-refractivity contribution in [2.75, 3.05) is 27.2 Å². The Labute approximate surface area is 441 Å². The fourth-order valence-electron chi connectivity index (χ4n) is 12.6. The van der Waals surface area contributed by atoms with Gasteiger partial charge >= 0.3 is 0 Å². The van der Waals surface area contributed by atoms with E-state index in [2.05, 4.69) is 131 Å². The molecule has 6 aromatic rings. The minimum Gasteiger partial charge on any atom is -0.457 e. The standard InChI is InChI=1S/C65H75O8P/c1-5-9-15-27-45-49-31-50-46(28-16-10-6-2)52-33-54-48(30-18-12-8-4)56-34-55-47(29-17-11-7-3)53-32-51(45)60-36-62(53)70-41-72-64(55)57(38-74(43-23-19-13-20-24-43)44-25-21-14-22-26-44)65(56)73-42-71-63(54)37-61(52)69-40-67-59(50)35-58(49)66-39-68-60/h13-14,19-26,31-37,45-48H,5-12,15-18,27-30,38-42H2,1-4H3. The van der Waals surface area contributed by atoms with Crippen molar-refractivity contribution in [3.63, 3.8) is 0 Å². The Bertz CT molecular complexity index is 2700. The molecule has 4 heterocycles. The Kier molecular flexibility index (Phi) is 15.9. The first-order valence-electron chi connectivity index (χ1n) is 28.2. The van der Waals surface area contributed by atoms with Crippen LogP contribution >= 0.6 is 7.92 Å². The third-order valence-corrected chi connectivity index (χ3v) is 18.8. The fourth-order valence-corrected chi connectivity index (χ4v) is 14.9. The molecule has 8 nitrogen and oxygen atoms in total. The van der Waals surface area contributed by atoms with Crippen molar-refractivity contribution in [1.29, 1.82) is 0 Å². The second kappa shape index (κ2) is 23.4. The molecule has 0 fully saturated rings. The summed E-state index contributed by atoms with van der Waals surface area (Å²) in [6.45, 7) is 9.38. The maximum absolute atomic E-state index is 7.20. The summed E-state index contributed by atoms with van der Waals surface area (Å²) in [6, 6.07) is 38.5. The van der Waals surface area contributed by atoms with Crippen LogP contribution in [0.5, 0.6) is 46.0 Å². The third kappa shape index (κ3) is 10.2. The van der Waals surface area contributed by atoms with Crippen LogP contribution in [0.3, 0.4) is 0 Å². The van der Waals surface area contributed by atoms with E-state index >= 15 is 0 Å². The lowest BCUT2D eigenvalue weighted by molar-refractivity contribution is 0.0976. The van der Waals surface area contributed by atoms with Gasteiger partial charge in [0.1, 0.15) is 46.0 Å². The van der Waals surface area contributed by atoms with E-state index in [0.717, 1.165) is 154 Å². The molecule has 4 aliphatic heterocycles. The second-order valence-electron chi connectivity index (χ2n) is 21.1. The van der Waals surface area contributed by atoms with E-state index in [1.54, 1.807) is 0 Å². The van der Waals surface area contributed by atoms with Crippen LogP contribution in [-0.4, -0.2) is 27.2 Å². The van der Waals surface area contributed by atoms with Crippen molar-refractivity contribution in [2.24, 2.45) is 0 Å². The molecule has 4 unspecified atom stereocenters. The molecule has 388 valence electrons. The molecule has 4 atom stereocenters. The monoisotopic (exact) mass is 1010 g/mol. The first kappa shape index (κ1) is 50.3. The lowest BCUT2D eigenvalue weighted by Gasteiger charge is -2.36. The van der Waals surface area contributed by atoms with Gasteiger partial charge in [-0.3, -0.25) is 0 Å². The number of benzene rings is 6. The van der Waals surface area contributed by atoms with E-state index in [1.807, 2.05) is 0 Å². The summed E-state index contributed by atoms with van der Waals surface area (Å²) in [6.07, 6.45) is 17.7. The molecule has 0 saturated heterocycles. The molecule has 9 heteroatoms. The highest BCUT2D eigenvalue weighted by Gasteiger charge is 2.39. The second-order valence-corrected chi connectivity index (χ2v) is 23.3. The molecular formula is C65H75O8P. The number of unbranched alkanes of at least 4 members (excludes halogenated alkanes) is 8. The van der Waals surface area contributed by atoms with Crippen LogP contribution in [-0.2, 0) is 6.16 Å². The Morgan fingerprint density at radius 2 is 0.622 bits per heavy atom. The predicted octanol–water partition coefficient (Wildman–Crippen LogP) is 16.4. The highest BCUT2D eigenvalue weighted by Crippen LogP contribution is 2.57. The molecule has 0 N–H and O–H groups in total. The molecule has 0 spiro atoms. The first-order valence-corrected chi connectivity index (χ1v) is 29.7. The topological polar surface area (TPSA) is 73.8 Å². The molecule has 6 aromatic carbocycles. The van der Waals surface area contributed by atoms with E-state index < -0.39 is 7.92 Å². The van der Waals surface area contributed by atoms with Gasteiger partial charge in [0.15, 0.2) is 0 Å². The SMILES string of the molecule is CCCCCC1c2cc3c4cc2OCOc2cc5c(cc21)C(CCCCC)c1cc2c(c(CP(c6ccccc6)c6ccccc6)c1OCO5)OCOc1cc(c(cc1C2CCCCC)C3CCCCC)OCO4. The van der Waals surface area contributed by atoms with Gasteiger partial charge in [-0.15, -0.1) is 0 Å². The van der Waals surface area contributed by atoms with Gasteiger partial charge in [0.05, 0.1) is 0 Å². The van der Waals surface area contributed by atoms with Gasteiger partial charge in [0.25, 0.3) is 0 Å². The minimum absolute atomic E-state index is 0.00709.